The summed E-state index contributed by atoms with van der Waals surface area (Å²) in [6.45, 7) is 7.71. The Labute approximate surface area is 114 Å². The van der Waals surface area contributed by atoms with Gasteiger partial charge in [0.15, 0.2) is 11.5 Å². The Hall–Kier alpha value is -1.40. The van der Waals surface area contributed by atoms with Crippen LogP contribution in [0.2, 0.25) is 0 Å². The van der Waals surface area contributed by atoms with Gasteiger partial charge in [0.1, 0.15) is 0 Å². The van der Waals surface area contributed by atoms with Gasteiger partial charge >= 0.3 is 5.97 Å². The predicted molar refractivity (Wildman–Crippen MR) is 72.1 cm³/mol. The Kier molecular flexibility index (Phi) is 5.98. The lowest BCUT2D eigenvalue weighted by Crippen LogP contribution is -2.33. The number of likely N-dealkylation sites (N-methyl/N-ethyl adjacent to an activating group) is 1. The van der Waals surface area contributed by atoms with Crippen LogP contribution in [-0.4, -0.2) is 59.8 Å². The first kappa shape index (κ1) is 15.7. The number of rotatable bonds is 8. The number of aromatic carboxylic acids is 1. The van der Waals surface area contributed by atoms with E-state index in [0.717, 1.165) is 19.6 Å². The summed E-state index contributed by atoms with van der Waals surface area (Å²) in [6.07, 6.45) is 0. The van der Waals surface area contributed by atoms with Gasteiger partial charge in [0, 0.05) is 25.7 Å². The second-order valence-electron chi connectivity index (χ2n) is 5.42. The normalized spacial score (nSPS) is 11.7. The lowest BCUT2D eigenvalue weighted by Gasteiger charge is -2.24. The monoisotopic (exact) mass is 269 g/mol. The Bertz CT molecular complexity index is 402. The lowest BCUT2D eigenvalue weighted by atomic mass is 10.2. The largest absolute Gasteiger partial charge is 0.476 e. The molecule has 1 rings (SSSR count). The molecule has 0 aliphatic carbocycles. The molecule has 0 aliphatic heterocycles. The van der Waals surface area contributed by atoms with Gasteiger partial charge < -0.3 is 14.5 Å². The molecule has 0 amide bonds. The Morgan fingerprint density at radius 1 is 1.42 bits per heavy atom. The fraction of sp³-hybridized carbons (Fsp3) is 0.692. The molecule has 0 aliphatic rings. The third-order valence-corrected chi connectivity index (χ3v) is 2.64. The molecule has 0 fully saturated rings. The van der Waals surface area contributed by atoms with Gasteiger partial charge in [-0.3, -0.25) is 4.90 Å². The van der Waals surface area contributed by atoms with Crippen LogP contribution >= 0.6 is 0 Å². The van der Waals surface area contributed by atoms with Gasteiger partial charge in [-0.25, -0.2) is 4.79 Å². The molecule has 1 heterocycles. The number of carboxylic acid groups (broad SMARTS) is 1. The van der Waals surface area contributed by atoms with Gasteiger partial charge in [0.2, 0.25) is 0 Å². The highest BCUT2D eigenvalue weighted by Crippen LogP contribution is 2.09. The number of aromatic nitrogens is 1. The van der Waals surface area contributed by atoms with E-state index in [9.17, 15) is 4.79 Å². The van der Waals surface area contributed by atoms with E-state index >= 15 is 0 Å². The highest BCUT2D eigenvalue weighted by Gasteiger charge is 2.15. The van der Waals surface area contributed by atoms with Gasteiger partial charge in [-0.05, 0) is 20.0 Å². The van der Waals surface area contributed by atoms with Crippen molar-refractivity contribution in [1.29, 1.82) is 0 Å². The molecule has 6 heteroatoms. The summed E-state index contributed by atoms with van der Waals surface area (Å²) in [6, 6.07) is 1.49. The molecular formula is C13H23N3O3. The van der Waals surface area contributed by atoms with Crippen LogP contribution in [0.4, 0.5) is 0 Å². The molecule has 0 saturated heterocycles. The van der Waals surface area contributed by atoms with Crippen molar-refractivity contribution in [2.24, 2.45) is 5.92 Å². The fourth-order valence-electron chi connectivity index (χ4n) is 1.80. The quantitative estimate of drug-likeness (QED) is 0.769. The van der Waals surface area contributed by atoms with E-state index in [0.29, 0.717) is 18.2 Å². The second-order valence-corrected chi connectivity index (χ2v) is 5.42. The van der Waals surface area contributed by atoms with Crippen LogP contribution in [0.3, 0.4) is 0 Å². The van der Waals surface area contributed by atoms with Crippen molar-refractivity contribution in [3.05, 3.63) is 17.5 Å². The Balaban J connectivity index is 2.61. The van der Waals surface area contributed by atoms with Crippen molar-refractivity contribution < 1.29 is 14.4 Å². The molecule has 19 heavy (non-hydrogen) atoms. The third kappa shape index (κ3) is 5.85. The Morgan fingerprint density at radius 3 is 2.58 bits per heavy atom. The van der Waals surface area contributed by atoms with Gasteiger partial charge in [0.05, 0.1) is 6.54 Å². The topological polar surface area (TPSA) is 69.8 Å². The zero-order chi connectivity index (χ0) is 14.4. The van der Waals surface area contributed by atoms with Gasteiger partial charge in [-0.2, -0.15) is 0 Å². The van der Waals surface area contributed by atoms with E-state index in [1.165, 1.54) is 6.07 Å². The number of hydrogen-bond donors (Lipinski definition) is 1. The van der Waals surface area contributed by atoms with Crippen LogP contribution in [0, 0.1) is 5.92 Å². The third-order valence-electron chi connectivity index (χ3n) is 2.64. The van der Waals surface area contributed by atoms with E-state index < -0.39 is 5.97 Å². The second kappa shape index (κ2) is 7.25. The number of nitrogens with zero attached hydrogens (tertiary/aromatic N) is 3. The summed E-state index contributed by atoms with van der Waals surface area (Å²) in [5.41, 5.74) is -0.0351. The van der Waals surface area contributed by atoms with E-state index in [2.05, 4.69) is 28.8 Å². The molecule has 0 unspecified atom stereocenters. The predicted octanol–water partition coefficient (Wildman–Crippen LogP) is 1.39. The van der Waals surface area contributed by atoms with Gasteiger partial charge in [-0.1, -0.05) is 19.0 Å². The van der Waals surface area contributed by atoms with E-state index in [1.54, 1.807) is 0 Å². The summed E-state index contributed by atoms with van der Waals surface area (Å²) in [5.74, 6) is 0.0829. The molecule has 1 N–H and O–H groups in total. The first-order chi connectivity index (χ1) is 8.88. The molecule has 0 spiro atoms. The SMILES string of the molecule is CC(C)CN(CCN(C)C)Cc1cc(C(=O)O)no1. The van der Waals surface area contributed by atoms with Crippen molar-refractivity contribution in [3.63, 3.8) is 0 Å². The molecule has 6 nitrogen and oxygen atoms in total. The van der Waals surface area contributed by atoms with Crippen LogP contribution in [0.25, 0.3) is 0 Å². The highest BCUT2D eigenvalue weighted by molar-refractivity contribution is 5.85. The summed E-state index contributed by atoms with van der Waals surface area (Å²) in [4.78, 5) is 15.1. The van der Waals surface area contributed by atoms with Crippen LogP contribution in [0.1, 0.15) is 30.1 Å². The molecule has 0 atom stereocenters. The van der Waals surface area contributed by atoms with Crippen molar-refractivity contribution in [2.75, 3.05) is 33.7 Å². The van der Waals surface area contributed by atoms with E-state index in [1.807, 2.05) is 14.1 Å². The molecule has 108 valence electrons. The maximum absolute atomic E-state index is 10.8. The average Bonchev–Trinajstić information content (AvgIpc) is 2.73. The first-order valence-electron chi connectivity index (χ1n) is 6.44. The molecule has 0 aromatic carbocycles. The van der Waals surface area contributed by atoms with Crippen molar-refractivity contribution in [2.45, 2.75) is 20.4 Å². The zero-order valence-corrected chi connectivity index (χ0v) is 12.1. The average molecular weight is 269 g/mol. The van der Waals surface area contributed by atoms with Crippen LogP contribution in [0.5, 0.6) is 0 Å². The first-order valence-corrected chi connectivity index (χ1v) is 6.44. The molecular weight excluding hydrogens is 246 g/mol. The van der Waals surface area contributed by atoms with Crippen LogP contribution in [0.15, 0.2) is 10.6 Å². The summed E-state index contributed by atoms with van der Waals surface area (Å²) in [7, 11) is 4.06. The van der Waals surface area contributed by atoms with Crippen LogP contribution in [-0.2, 0) is 6.54 Å². The van der Waals surface area contributed by atoms with Gasteiger partial charge in [0.25, 0.3) is 0 Å². The van der Waals surface area contributed by atoms with E-state index in [-0.39, 0.29) is 5.69 Å². The van der Waals surface area contributed by atoms with Crippen molar-refractivity contribution >= 4 is 5.97 Å². The molecule has 1 aromatic rings. The fourth-order valence-corrected chi connectivity index (χ4v) is 1.80. The molecule has 0 saturated carbocycles. The number of hydrogen-bond acceptors (Lipinski definition) is 5. The highest BCUT2D eigenvalue weighted by atomic mass is 16.5. The standard InChI is InChI=1S/C13H23N3O3/c1-10(2)8-16(6-5-15(3)4)9-11-7-12(13(17)18)14-19-11/h7,10H,5-6,8-9H2,1-4H3,(H,17,18). The molecule has 0 radical (unpaired) electrons. The minimum absolute atomic E-state index is 0.0351. The maximum Gasteiger partial charge on any atom is 0.358 e. The minimum Gasteiger partial charge on any atom is -0.476 e. The molecule has 0 bridgehead atoms. The molecule has 1 aromatic heterocycles. The smallest absolute Gasteiger partial charge is 0.358 e. The lowest BCUT2D eigenvalue weighted by molar-refractivity contribution is 0.0685. The van der Waals surface area contributed by atoms with Crippen LogP contribution < -0.4 is 0 Å². The summed E-state index contributed by atoms with van der Waals surface area (Å²) >= 11 is 0. The number of carbonyl (C=O) groups is 1. The number of carboxylic acids is 1. The summed E-state index contributed by atoms with van der Waals surface area (Å²) in [5, 5.41) is 12.3. The minimum atomic E-state index is -1.06. The van der Waals surface area contributed by atoms with E-state index in [4.69, 9.17) is 9.63 Å². The summed E-state index contributed by atoms with van der Waals surface area (Å²) < 4.78 is 5.06. The Morgan fingerprint density at radius 2 is 2.11 bits per heavy atom. The van der Waals surface area contributed by atoms with Crippen molar-refractivity contribution in [3.8, 4) is 0 Å². The van der Waals surface area contributed by atoms with Crippen molar-refractivity contribution in [1.82, 2.24) is 15.0 Å². The van der Waals surface area contributed by atoms with Gasteiger partial charge in [-0.15, -0.1) is 0 Å². The zero-order valence-electron chi connectivity index (χ0n) is 12.1. The maximum atomic E-state index is 10.8.